The summed E-state index contributed by atoms with van der Waals surface area (Å²) in [5.41, 5.74) is 2.61. The molecule has 2 heterocycles. The van der Waals surface area contributed by atoms with Gasteiger partial charge in [0.25, 0.3) is 0 Å². The first-order valence-corrected chi connectivity index (χ1v) is 4.33. The highest BCUT2D eigenvalue weighted by molar-refractivity contribution is 7.17. The van der Waals surface area contributed by atoms with Gasteiger partial charge < -0.3 is 4.98 Å². The van der Waals surface area contributed by atoms with Crippen LogP contribution >= 0.6 is 11.3 Å². The molecule has 0 amide bonds. The molecule has 0 saturated carbocycles. The van der Waals surface area contributed by atoms with Gasteiger partial charge in [0.15, 0.2) is 0 Å². The van der Waals surface area contributed by atoms with Gasteiger partial charge in [-0.3, -0.25) is 0 Å². The molecule has 10 heavy (non-hydrogen) atoms. The van der Waals surface area contributed by atoms with Crippen molar-refractivity contribution in [2.45, 2.75) is 13.3 Å². The molecule has 0 saturated heterocycles. The number of aromatic nitrogens is 1. The average Bonchev–Trinajstić information content (AvgIpc) is 2.42. The summed E-state index contributed by atoms with van der Waals surface area (Å²) in [4.78, 5) is 3.34. The fourth-order valence-corrected chi connectivity index (χ4v) is 1.90. The summed E-state index contributed by atoms with van der Waals surface area (Å²) in [6.45, 7) is 2.16. The molecule has 2 aromatic rings. The Balaban J connectivity index is 2.67. The van der Waals surface area contributed by atoms with Crippen LogP contribution in [0.15, 0.2) is 17.5 Å². The number of rotatable bonds is 1. The summed E-state index contributed by atoms with van der Waals surface area (Å²) in [7, 11) is 0. The summed E-state index contributed by atoms with van der Waals surface area (Å²) < 4.78 is 1.37. The van der Waals surface area contributed by atoms with Crippen molar-refractivity contribution in [3.05, 3.63) is 23.2 Å². The molecule has 0 radical (unpaired) electrons. The molecule has 2 rings (SSSR count). The minimum atomic E-state index is 1.10. The Bertz CT molecular complexity index is 303. The number of thiophene rings is 1. The predicted molar refractivity (Wildman–Crippen MR) is 45.6 cm³/mol. The van der Waals surface area contributed by atoms with Crippen molar-refractivity contribution in [1.82, 2.24) is 4.98 Å². The molecule has 0 aromatic carbocycles. The van der Waals surface area contributed by atoms with E-state index in [0.29, 0.717) is 0 Å². The zero-order chi connectivity index (χ0) is 6.97. The molecule has 0 fully saturated rings. The van der Waals surface area contributed by atoms with E-state index in [9.17, 15) is 0 Å². The van der Waals surface area contributed by atoms with Gasteiger partial charge in [-0.1, -0.05) is 6.92 Å². The second-order valence-electron chi connectivity index (χ2n) is 2.35. The molecule has 0 spiro atoms. The lowest BCUT2D eigenvalue weighted by atomic mass is 10.3. The molecule has 1 nitrogen and oxygen atoms in total. The zero-order valence-electron chi connectivity index (χ0n) is 5.85. The van der Waals surface area contributed by atoms with Crippen LogP contribution in [0.3, 0.4) is 0 Å². The Labute approximate surface area is 63.7 Å². The van der Waals surface area contributed by atoms with Gasteiger partial charge in [-0.2, -0.15) is 0 Å². The van der Waals surface area contributed by atoms with Crippen LogP contribution in [0.5, 0.6) is 0 Å². The highest BCUT2D eigenvalue weighted by Gasteiger charge is 1.97. The molecule has 0 unspecified atom stereocenters. The number of nitrogens with one attached hydrogen (secondary N) is 1. The molecule has 0 bridgehead atoms. The van der Waals surface area contributed by atoms with Gasteiger partial charge >= 0.3 is 0 Å². The Morgan fingerprint density at radius 1 is 1.60 bits per heavy atom. The van der Waals surface area contributed by atoms with E-state index in [-0.39, 0.29) is 0 Å². The Morgan fingerprint density at radius 2 is 2.50 bits per heavy atom. The first-order chi connectivity index (χ1) is 4.90. The SMILES string of the molecule is CCc1cc2sccc2[nH]1. The molecular weight excluding hydrogens is 142 g/mol. The van der Waals surface area contributed by atoms with Crippen molar-refractivity contribution >= 4 is 21.6 Å². The third kappa shape index (κ3) is 0.762. The maximum atomic E-state index is 3.34. The van der Waals surface area contributed by atoms with Crippen molar-refractivity contribution in [3.8, 4) is 0 Å². The van der Waals surface area contributed by atoms with Gasteiger partial charge in [0.05, 0.1) is 10.2 Å². The van der Waals surface area contributed by atoms with Crippen LogP contribution in [0.2, 0.25) is 0 Å². The lowest BCUT2D eigenvalue weighted by Gasteiger charge is -1.83. The topological polar surface area (TPSA) is 15.8 Å². The van der Waals surface area contributed by atoms with Crippen molar-refractivity contribution in [2.75, 3.05) is 0 Å². The molecule has 0 aliphatic heterocycles. The van der Waals surface area contributed by atoms with E-state index in [1.165, 1.54) is 15.9 Å². The zero-order valence-corrected chi connectivity index (χ0v) is 6.66. The molecular formula is C8H9NS. The van der Waals surface area contributed by atoms with Crippen molar-refractivity contribution < 1.29 is 0 Å². The Kier molecular flexibility index (Phi) is 1.27. The normalized spacial score (nSPS) is 10.9. The number of hydrogen-bond donors (Lipinski definition) is 1. The van der Waals surface area contributed by atoms with Gasteiger partial charge in [0, 0.05) is 5.69 Å². The smallest absolute Gasteiger partial charge is 0.0565 e. The van der Waals surface area contributed by atoms with Gasteiger partial charge in [0.1, 0.15) is 0 Å². The van der Waals surface area contributed by atoms with Crippen molar-refractivity contribution in [1.29, 1.82) is 0 Å². The highest BCUT2D eigenvalue weighted by Crippen LogP contribution is 2.21. The number of H-pyrrole nitrogens is 1. The van der Waals surface area contributed by atoms with Gasteiger partial charge in [0.2, 0.25) is 0 Å². The molecule has 0 aliphatic carbocycles. The largest absolute Gasteiger partial charge is 0.358 e. The van der Waals surface area contributed by atoms with Crippen LogP contribution in [-0.4, -0.2) is 4.98 Å². The predicted octanol–water partition coefficient (Wildman–Crippen LogP) is 2.79. The first-order valence-electron chi connectivity index (χ1n) is 3.45. The van der Waals surface area contributed by atoms with E-state index in [4.69, 9.17) is 0 Å². The van der Waals surface area contributed by atoms with Crippen LogP contribution in [0.1, 0.15) is 12.6 Å². The Hall–Kier alpha value is -0.760. The summed E-state index contributed by atoms with van der Waals surface area (Å²) in [6, 6.07) is 4.35. The van der Waals surface area contributed by atoms with E-state index in [1.807, 2.05) is 0 Å². The maximum Gasteiger partial charge on any atom is 0.0565 e. The molecule has 2 heteroatoms. The standard InChI is InChI=1S/C8H9NS/c1-2-6-5-8-7(9-6)3-4-10-8/h3-5,9H,2H2,1H3. The number of aryl methyl sites for hydroxylation is 1. The van der Waals surface area contributed by atoms with Crippen molar-refractivity contribution in [2.24, 2.45) is 0 Å². The lowest BCUT2D eigenvalue weighted by molar-refractivity contribution is 1.07. The number of aromatic amines is 1. The molecule has 1 N–H and O–H groups in total. The van der Waals surface area contributed by atoms with Crippen LogP contribution in [0.25, 0.3) is 10.2 Å². The highest BCUT2D eigenvalue weighted by atomic mass is 32.1. The van der Waals surface area contributed by atoms with Gasteiger partial charge in [-0.05, 0) is 23.9 Å². The molecule has 2 aromatic heterocycles. The quantitative estimate of drug-likeness (QED) is 0.645. The van der Waals surface area contributed by atoms with Crippen LogP contribution in [-0.2, 0) is 6.42 Å². The summed E-state index contributed by atoms with van der Waals surface area (Å²) in [5, 5.41) is 2.11. The third-order valence-corrected chi connectivity index (χ3v) is 2.54. The second-order valence-corrected chi connectivity index (χ2v) is 3.29. The third-order valence-electron chi connectivity index (χ3n) is 1.68. The van der Waals surface area contributed by atoms with Crippen LogP contribution in [0, 0.1) is 0 Å². The minimum absolute atomic E-state index is 1.10. The van der Waals surface area contributed by atoms with E-state index in [1.54, 1.807) is 11.3 Å². The summed E-state index contributed by atoms with van der Waals surface area (Å²) >= 11 is 1.79. The summed E-state index contributed by atoms with van der Waals surface area (Å²) in [6.07, 6.45) is 1.10. The molecule has 0 aliphatic rings. The maximum absolute atomic E-state index is 3.34. The lowest BCUT2D eigenvalue weighted by Crippen LogP contribution is -1.74. The van der Waals surface area contributed by atoms with E-state index in [0.717, 1.165) is 6.42 Å². The van der Waals surface area contributed by atoms with E-state index < -0.39 is 0 Å². The fourth-order valence-electron chi connectivity index (χ4n) is 1.09. The molecule has 0 atom stereocenters. The monoisotopic (exact) mass is 151 g/mol. The van der Waals surface area contributed by atoms with Crippen LogP contribution < -0.4 is 0 Å². The fraction of sp³-hybridized carbons (Fsp3) is 0.250. The summed E-state index contributed by atoms with van der Waals surface area (Å²) in [5.74, 6) is 0. The Morgan fingerprint density at radius 3 is 3.20 bits per heavy atom. The van der Waals surface area contributed by atoms with Crippen molar-refractivity contribution in [3.63, 3.8) is 0 Å². The second kappa shape index (κ2) is 2.13. The minimum Gasteiger partial charge on any atom is -0.358 e. The van der Waals surface area contributed by atoms with Crippen LogP contribution in [0.4, 0.5) is 0 Å². The van der Waals surface area contributed by atoms with E-state index in [2.05, 4.69) is 29.4 Å². The van der Waals surface area contributed by atoms with E-state index >= 15 is 0 Å². The molecule has 52 valence electrons. The average molecular weight is 151 g/mol. The van der Waals surface area contributed by atoms with Gasteiger partial charge in [-0.15, -0.1) is 11.3 Å². The first kappa shape index (κ1) is 5.98. The number of fused-ring (bicyclic) bond motifs is 1. The van der Waals surface area contributed by atoms with Gasteiger partial charge in [-0.25, -0.2) is 0 Å². The number of hydrogen-bond acceptors (Lipinski definition) is 1.